The Morgan fingerprint density at radius 2 is 2.00 bits per heavy atom. The number of hydrogen-bond acceptors (Lipinski definition) is 5. The largest absolute Gasteiger partial charge is 0.449 e. The normalized spacial score (nSPS) is 22.9. The summed E-state index contributed by atoms with van der Waals surface area (Å²) in [6.45, 7) is 6.39. The average Bonchev–Trinajstić information content (AvgIpc) is 2.86. The second kappa shape index (κ2) is 5.47. The Kier molecular flexibility index (Phi) is 3.43. The number of aromatic amines is 1. The maximum atomic E-state index is 12.3. The summed E-state index contributed by atoms with van der Waals surface area (Å²) < 4.78 is 11.4. The van der Waals surface area contributed by atoms with Crippen LogP contribution in [0.1, 0.15) is 19.7 Å². The Morgan fingerprint density at radius 3 is 2.78 bits per heavy atom. The van der Waals surface area contributed by atoms with Gasteiger partial charge in [0.1, 0.15) is 16.9 Å². The fourth-order valence-corrected chi connectivity index (χ4v) is 3.35. The van der Waals surface area contributed by atoms with E-state index in [4.69, 9.17) is 9.15 Å². The van der Waals surface area contributed by atoms with Gasteiger partial charge in [0.25, 0.3) is 5.56 Å². The quantitative estimate of drug-likeness (QED) is 0.786. The second-order valence-corrected chi connectivity index (χ2v) is 6.24. The number of nitrogens with one attached hydrogen (secondary N) is 1. The van der Waals surface area contributed by atoms with E-state index in [1.54, 1.807) is 0 Å². The molecule has 0 amide bonds. The molecule has 6 nitrogen and oxygen atoms in total. The number of benzene rings is 1. The van der Waals surface area contributed by atoms with Crippen LogP contribution in [-0.4, -0.2) is 40.2 Å². The standard InChI is InChI=1S/C17H19N3O3/c1-10-7-20(8-11(2)22-10)9-14-18-15-12-5-3-4-6-13(12)23-16(15)17(21)19-14/h3-6,10-11H,7-9H2,1-2H3,(H,18,19,21)/t10-,11-/m0/s1. The van der Waals surface area contributed by atoms with Crippen LogP contribution in [0.3, 0.4) is 0 Å². The molecule has 23 heavy (non-hydrogen) atoms. The van der Waals surface area contributed by atoms with E-state index >= 15 is 0 Å². The first kappa shape index (κ1) is 14.4. The highest BCUT2D eigenvalue weighted by atomic mass is 16.5. The Labute approximate surface area is 133 Å². The van der Waals surface area contributed by atoms with E-state index in [-0.39, 0.29) is 17.8 Å². The lowest BCUT2D eigenvalue weighted by molar-refractivity contribution is -0.0710. The Balaban J connectivity index is 1.73. The van der Waals surface area contributed by atoms with Gasteiger partial charge in [-0.05, 0) is 26.0 Å². The summed E-state index contributed by atoms with van der Waals surface area (Å²) in [6, 6.07) is 7.58. The number of nitrogens with zero attached hydrogens (tertiary/aromatic N) is 2. The number of H-pyrrole nitrogens is 1. The van der Waals surface area contributed by atoms with Crippen LogP contribution < -0.4 is 5.56 Å². The van der Waals surface area contributed by atoms with Gasteiger partial charge in [0, 0.05) is 18.5 Å². The molecule has 1 aromatic carbocycles. The molecule has 3 aromatic rings. The van der Waals surface area contributed by atoms with Crippen LogP contribution in [0.4, 0.5) is 0 Å². The first-order valence-corrected chi connectivity index (χ1v) is 7.88. The van der Waals surface area contributed by atoms with E-state index in [0.29, 0.717) is 29.1 Å². The number of hydrogen-bond donors (Lipinski definition) is 1. The van der Waals surface area contributed by atoms with Crippen LogP contribution >= 0.6 is 0 Å². The zero-order valence-electron chi connectivity index (χ0n) is 13.2. The van der Waals surface area contributed by atoms with E-state index in [0.717, 1.165) is 18.5 Å². The first-order chi connectivity index (χ1) is 11.1. The lowest BCUT2D eigenvalue weighted by Gasteiger charge is -2.34. The molecule has 1 saturated heterocycles. The van der Waals surface area contributed by atoms with Gasteiger partial charge in [-0.15, -0.1) is 0 Å². The smallest absolute Gasteiger partial charge is 0.294 e. The summed E-state index contributed by atoms with van der Waals surface area (Å²) in [7, 11) is 0. The maximum Gasteiger partial charge on any atom is 0.294 e. The summed E-state index contributed by atoms with van der Waals surface area (Å²) in [6.07, 6.45) is 0.368. The molecule has 2 aromatic heterocycles. The average molecular weight is 313 g/mol. The van der Waals surface area contributed by atoms with Crippen molar-refractivity contribution in [3.05, 3.63) is 40.4 Å². The molecule has 1 N–H and O–H groups in total. The van der Waals surface area contributed by atoms with Crippen molar-refractivity contribution in [3.8, 4) is 0 Å². The lowest BCUT2D eigenvalue weighted by atomic mass is 10.2. The van der Waals surface area contributed by atoms with E-state index < -0.39 is 0 Å². The highest BCUT2D eigenvalue weighted by Crippen LogP contribution is 2.24. The van der Waals surface area contributed by atoms with Crippen molar-refractivity contribution in [1.82, 2.24) is 14.9 Å². The molecule has 3 heterocycles. The number of morpholine rings is 1. The lowest BCUT2D eigenvalue weighted by Crippen LogP contribution is -2.45. The first-order valence-electron chi connectivity index (χ1n) is 7.88. The van der Waals surface area contributed by atoms with Gasteiger partial charge in [-0.2, -0.15) is 0 Å². The van der Waals surface area contributed by atoms with Crippen molar-refractivity contribution in [2.24, 2.45) is 0 Å². The molecule has 0 radical (unpaired) electrons. The van der Waals surface area contributed by atoms with Crippen molar-refractivity contribution >= 4 is 22.1 Å². The predicted octanol–water partition coefficient (Wildman–Crippen LogP) is 2.28. The molecule has 1 aliphatic heterocycles. The third-order valence-electron chi connectivity index (χ3n) is 4.15. The molecular formula is C17H19N3O3. The van der Waals surface area contributed by atoms with Gasteiger partial charge in [0.2, 0.25) is 5.58 Å². The number of ether oxygens (including phenoxy) is 1. The third kappa shape index (κ3) is 2.64. The van der Waals surface area contributed by atoms with Crippen molar-refractivity contribution in [3.63, 3.8) is 0 Å². The number of fused-ring (bicyclic) bond motifs is 3. The summed E-state index contributed by atoms with van der Waals surface area (Å²) in [4.78, 5) is 22.0. The molecule has 2 atom stereocenters. The molecule has 0 spiro atoms. The molecule has 120 valence electrons. The Morgan fingerprint density at radius 1 is 1.26 bits per heavy atom. The minimum Gasteiger partial charge on any atom is -0.449 e. The fourth-order valence-electron chi connectivity index (χ4n) is 3.35. The molecular weight excluding hydrogens is 294 g/mol. The molecule has 1 fully saturated rings. The molecule has 1 aliphatic rings. The van der Waals surface area contributed by atoms with Crippen molar-refractivity contribution in [2.45, 2.75) is 32.6 Å². The number of rotatable bonds is 2. The Hall–Kier alpha value is -2.18. The van der Waals surface area contributed by atoms with Gasteiger partial charge < -0.3 is 14.1 Å². The molecule has 0 saturated carbocycles. The minimum atomic E-state index is -0.226. The van der Waals surface area contributed by atoms with Crippen molar-refractivity contribution < 1.29 is 9.15 Å². The molecule has 6 heteroatoms. The van der Waals surface area contributed by atoms with E-state index in [1.165, 1.54) is 0 Å². The fraction of sp³-hybridized carbons (Fsp3) is 0.412. The SMILES string of the molecule is C[C@H]1CN(Cc2nc3c(oc4ccccc43)c(=O)[nH]2)C[C@H](C)O1. The number of aromatic nitrogens is 2. The second-order valence-electron chi connectivity index (χ2n) is 6.24. The van der Waals surface area contributed by atoms with Crippen molar-refractivity contribution in [2.75, 3.05) is 13.1 Å². The van der Waals surface area contributed by atoms with Crippen LogP contribution in [-0.2, 0) is 11.3 Å². The third-order valence-corrected chi connectivity index (χ3v) is 4.15. The molecule has 0 aliphatic carbocycles. The summed E-state index contributed by atoms with van der Waals surface area (Å²) in [5.41, 5.74) is 1.38. The summed E-state index contributed by atoms with van der Waals surface area (Å²) in [5.74, 6) is 0.662. The van der Waals surface area contributed by atoms with Gasteiger partial charge in [-0.25, -0.2) is 4.98 Å². The highest BCUT2D eigenvalue weighted by molar-refractivity contribution is 6.01. The number of para-hydroxylation sites is 1. The summed E-state index contributed by atoms with van der Waals surface area (Å²) in [5, 5.41) is 0.874. The van der Waals surface area contributed by atoms with Crippen LogP contribution in [0.15, 0.2) is 33.5 Å². The predicted molar refractivity (Wildman–Crippen MR) is 87.4 cm³/mol. The van der Waals surface area contributed by atoms with Crippen LogP contribution in [0.25, 0.3) is 22.1 Å². The minimum absolute atomic E-state index is 0.184. The summed E-state index contributed by atoms with van der Waals surface area (Å²) >= 11 is 0. The van der Waals surface area contributed by atoms with Crippen LogP contribution in [0.5, 0.6) is 0 Å². The van der Waals surface area contributed by atoms with Gasteiger partial charge in [0.15, 0.2) is 0 Å². The van der Waals surface area contributed by atoms with E-state index in [9.17, 15) is 4.79 Å². The maximum absolute atomic E-state index is 12.3. The van der Waals surface area contributed by atoms with Gasteiger partial charge in [-0.3, -0.25) is 9.69 Å². The van der Waals surface area contributed by atoms with Crippen LogP contribution in [0, 0.1) is 0 Å². The monoisotopic (exact) mass is 313 g/mol. The van der Waals surface area contributed by atoms with Crippen molar-refractivity contribution in [1.29, 1.82) is 0 Å². The van der Waals surface area contributed by atoms with E-state index in [2.05, 4.69) is 28.7 Å². The molecule has 0 unspecified atom stereocenters. The topological polar surface area (TPSA) is 71.4 Å². The van der Waals surface area contributed by atoms with Gasteiger partial charge in [0.05, 0.1) is 18.8 Å². The number of furan rings is 1. The highest BCUT2D eigenvalue weighted by Gasteiger charge is 2.23. The van der Waals surface area contributed by atoms with Gasteiger partial charge in [-0.1, -0.05) is 12.1 Å². The van der Waals surface area contributed by atoms with Crippen LogP contribution in [0.2, 0.25) is 0 Å². The zero-order chi connectivity index (χ0) is 16.0. The molecule has 0 bridgehead atoms. The zero-order valence-corrected chi connectivity index (χ0v) is 13.2. The molecule has 4 rings (SSSR count). The Bertz CT molecular complexity index is 904. The van der Waals surface area contributed by atoms with Gasteiger partial charge >= 0.3 is 0 Å². The van der Waals surface area contributed by atoms with E-state index in [1.807, 2.05) is 24.3 Å².